The topological polar surface area (TPSA) is 41.9 Å². The van der Waals surface area contributed by atoms with E-state index in [-0.39, 0.29) is 11.9 Å². The molecule has 0 radical (unpaired) electrons. The molecule has 0 N–H and O–H groups in total. The predicted molar refractivity (Wildman–Crippen MR) is 98.2 cm³/mol. The molecule has 0 bridgehead atoms. The third kappa shape index (κ3) is 3.36. The Labute approximate surface area is 150 Å². The van der Waals surface area contributed by atoms with Crippen molar-refractivity contribution in [1.29, 1.82) is 0 Å². The van der Waals surface area contributed by atoms with Gasteiger partial charge >= 0.3 is 0 Å². The Morgan fingerprint density at radius 3 is 2.46 bits per heavy atom. The van der Waals surface area contributed by atoms with Gasteiger partial charge in [-0.3, -0.25) is 4.79 Å². The molecule has 2 aromatic rings. The summed E-state index contributed by atoms with van der Waals surface area (Å²) in [4.78, 5) is 12.3. The zero-order valence-corrected chi connectivity index (χ0v) is 15.3. The lowest BCUT2D eigenvalue weighted by molar-refractivity contribution is -0.132. The van der Waals surface area contributed by atoms with Crippen LogP contribution in [0.25, 0.3) is 0 Å². The van der Waals surface area contributed by atoms with Crippen LogP contribution in [-0.2, 0) is 4.79 Å². The Balaban J connectivity index is 1.91. The monoisotopic (exact) mass is 386 g/mol. The molecule has 4 nitrogen and oxygen atoms in total. The van der Waals surface area contributed by atoms with Crippen LogP contribution in [0.3, 0.4) is 0 Å². The van der Waals surface area contributed by atoms with Crippen LogP contribution in [0.1, 0.15) is 36.9 Å². The summed E-state index contributed by atoms with van der Waals surface area (Å²) in [5.41, 5.74) is 3.04. The second-order valence-electron chi connectivity index (χ2n) is 5.64. The highest BCUT2D eigenvalue weighted by molar-refractivity contribution is 9.10. The summed E-state index contributed by atoms with van der Waals surface area (Å²) in [6.07, 6.45) is 1.14. The smallest absolute Gasteiger partial charge is 0.242 e. The maximum atomic E-state index is 12.3. The summed E-state index contributed by atoms with van der Waals surface area (Å²) < 4.78 is 6.24. The van der Waals surface area contributed by atoms with Gasteiger partial charge in [-0.25, -0.2) is 5.01 Å². The van der Waals surface area contributed by atoms with E-state index in [1.807, 2.05) is 55.5 Å². The number of nitrogens with zero attached hydrogens (tertiary/aromatic N) is 2. The fourth-order valence-electron chi connectivity index (χ4n) is 2.80. The summed E-state index contributed by atoms with van der Waals surface area (Å²) in [5, 5.41) is 6.24. The number of hydrogen-bond donors (Lipinski definition) is 0. The van der Waals surface area contributed by atoms with Crippen molar-refractivity contribution in [3.05, 3.63) is 64.1 Å². The van der Waals surface area contributed by atoms with Crippen LogP contribution in [0.4, 0.5) is 0 Å². The molecule has 0 aliphatic carbocycles. The van der Waals surface area contributed by atoms with E-state index < -0.39 is 0 Å². The van der Waals surface area contributed by atoms with E-state index in [1.165, 1.54) is 0 Å². The Hall–Kier alpha value is -2.14. The van der Waals surface area contributed by atoms with E-state index in [4.69, 9.17) is 4.74 Å². The van der Waals surface area contributed by atoms with Crippen molar-refractivity contribution in [2.45, 2.75) is 25.8 Å². The predicted octanol–water partition coefficient (Wildman–Crippen LogP) is 4.55. The molecule has 0 spiro atoms. The number of rotatable bonds is 4. The van der Waals surface area contributed by atoms with Gasteiger partial charge < -0.3 is 4.74 Å². The fourth-order valence-corrected chi connectivity index (χ4v) is 3.07. The number of amides is 1. The first-order valence-corrected chi connectivity index (χ1v) is 8.71. The molecule has 0 aromatic heterocycles. The van der Waals surface area contributed by atoms with Gasteiger partial charge in [0.2, 0.25) is 5.91 Å². The molecule has 1 atom stereocenters. The number of carbonyl (C=O) groups is 1. The fraction of sp³-hybridized carbons (Fsp3) is 0.263. The zero-order chi connectivity index (χ0) is 17.1. The molecule has 2 aromatic carbocycles. The normalized spacial score (nSPS) is 16.9. The SMILES string of the molecule is CCC(=O)N1N=C(c2ccc(Br)cc2)CC1c1ccc(OC)cc1. The van der Waals surface area contributed by atoms with Gasteiger partial charge in [-0.05, 0) is 35.4 Å². The van der Waals surface area contributed by atoms with E-state index in [2.05, 4.69) is 21.0 Å². The number of hydrogen-bond acceptors (Lipinski definition) is 3. The van der Waals surface area contributed by atoms with Crippen molar-refractivity contribution >= 4 is 27.5 Å². The number of ether oxygens (including phenoxy) is 1. The Bertz CT molecular complexity index is 754. The number of carbonyl (C=O) groups excluding carboxylic acids is 1. The van der Waals surface area contributed by atoms with E-state index in [9.17, 15) is 4.79 Å². The third-order valence-electron chi connectivity index (χ3n) is 4.15. The van der Waals surface area contributed by atoms with Gasteiger partial charge in [0.1, 0.15) is 5.75 Å². The molecule has 5 heteroatoms. The van der Waals surface area contributed by atoms with E-state index in [0.29, 0.717) is 12.8 Å². The van der Waals surface area contributed by atoms with Crippen LogP contribution in [-0.4, -0.2) is 23.7 Å². The van der Waals surface area contributed by atoms with Crippen LogP contribution >= 0.6 is 15.9 Å². The summed E-state index contributed by atoms with van der Waals surface area (Å²) in [6.45, 7) is 1.86. The molecule has 124 valence electrons. The zero-order valence-electron chi connectivity index (χ0n) is 13.7. The highest BCUT2D eigenvalue weighted by atomic mass is 79.9. The van der Waals surface area contributed by atoms with Crippen LogP contribution in [0.2, 0.25) is 0 Å². The number of halogens is 1. The van der Waals surface area contributed by atoms with Gasteiger partial charge in [0.15, 0.2) is 0 Å². The van der Waals surface area contributed by atoms with Crippen LogP contribution in [0, 0.1) is 0 Å². The Kier molecular flexibility index (Phi) is 5.00. The third-order valence-corrected chi connectivity index (χ3v) is 4.68. The molecule has 1 unspecified atom stereocenters. The lowest BCUT2D eigenvalue weighted by Gasteiger charge is -2.21. The first kappa shape index (κ1) is 16.7. The molecule has 1 aliphatic rings. The van der Waals surface area contributed by atoms with Crippen molar-refractivity contribution in [3.8, 4) is 5.75 Å². The molecular formula is C19H19BrN2O2. The van der Waals surface area contributed by atoms with Gasteiger partial charge in [-0.15, -0.1) is 0 Å². The molecule has 0 saturated heterocycles. The Morgan fingerprint density at radius 1 is 1.21 bits per heavy atom. The maximum Gasteiger partial charge on any atom is 0.242 e. The van der Waals surface area contributed by atoms with Gasteiger partial charge in [0, 0.05) is 17.3 Å². The lowest BCUT2D eigenvalue weighted by Crippen LogP contribution is -2.26. The average molecular weight is 387 g/mol. The maximum absolute atomic E-state index is 12.3. The molecular weight excluding hydrogens is 368 g/mol. The van der Waals surface area contributed by atoms with Crippen LogP contribution in [0.5, 0.6) is 5.75 Å². The van der Waals surface area contributed by atoms with E-state index in [1.54, 1.807) is 12.1 Å². The van der Waals surface area contributed by atoms with Crippen molar-refractivity contribution < 1.29 is 9.53 Å². The van der Waals surface area contributed by atoms with Gasteiger partial charge in [0.05, 0.1) is 18.9 Å². The van der Waals surface area contributed by atoms with Crippen molar-refractivity contribution in [2.24, 2.45) is 5.10 Å². The minimum absolute atomic E-state index is 0.0305. The minimum atomic E-state index is -0.0676. The highest BCUT2D eigenvalue weighted by Crippen LogP contribution is 2.34. The summed E-state index contributed by atoms with van der Waals surface area (Å²) in [5.74, 6) is 0.835. The van der Waals surface area contributed by atoms with Gasteiger partial charge in [0.25, 0.3) is 0 Å². The molecule has 24 heavy (non-hydrogen) atoms. The highest BCUT2D eigenvalue weighted by Gasteiger charge is 2.32. The first-order chi connectivity index (χ1) is 11.6. The summed E-state index contributed by atoms with van der Waals surface area (Å²) in [7, 11) is 1.65. The van der Waals surface area contributed by atoms with E-state index >= 15 is 0 Å². The molecule has 3 rings (SSSR count). The van der Waals surface area contributed by atoms with E-state index in [0.717, 1.165) is 27.1 Å². The summed E-state index contributed by atoms with van der Waals surface area (Å²) >= 11 is 3.45. The average Bonchev–Trinajstić information content (AvgIpc) is 3.07. The standard InChI is InChI=1S/C19H19BrN2O2/c1-3-19(23)22-18(14-6-10-16(24-2)11-7-14)12-17(21-22)13-4-8-15(20)9-5-13/h4-11,18H,3,12H2,1-2H3. The van der Waals surface area contributed by atoms with Crippen molar-refractivity contribution in [2.75, 3.05) is 7.11 Å². The number of methoxy groups -OCH3 is 1. The molecule has 0 fully saturated rings. The summed E-state index contributed by atoms with van der Waals surface area (Å²) in [6, 6.07) is 15.8. The van der Waals surface area contributed by atoms with Crippen molar-refractivity contribution in [1.82, 2.24) is 5.01 Å². The second-order valence-corrected chi connectivity index (χ2v) is 6.55. The van der Waals surface area contributed by atoms with Crippen molar-refractivity contribution in [3.63, 3.8) is 0 Å². The van der Waals surface area contributed by atoms with Crippen LogP contribution in [0.15, 0.2) is 58.1 Å². The van der Waals surface area contributed by atoms with Gasteiger partial charge in [-0.1, -0.05) is 47.1 Å². The minimum Gasteiger partial charge on any atom is -0.497 e. The molecule has 0 saturated carbocycles. The lowest BCUT2D eigenvalue weighted by atomic mass is 9.98. The Morgan fingerprint density at radius 2 is 1.88 bits per heavy atom. The number of hydrazone groups is 1. The number of benzene rings is 2. The molecule has 1 aliphatic heterocycles. The second kappa shape index (κ2) is 7.18. The molecule has 1 amide bonds. The largest absolute Gasteiger partial charge is 0.497 e. The van der Waals surface area contributed by atoms with Crippen LogP contribution < -0.4 is 4.74 Å². The quantitative estimate of drug-likeness (QED) is 0.773. The molecule has 1 heterocycles. The first-order valence-electron chi connectivity index (χ1n) is 7.91. The van der Waals surface area contributed by atoms with Gasteiger partial charge in [-0.2, -0.15) is 5.10 Å².